The SMILES string of the molecule is Cc1onc(-c2ccccc2Cl)c1C(=O)N[CH2][Al]. The van der Waals surface area contributed by atoms with Crippen LogP contribution in [-0.4, -0.2) is 32.8 Å². The number of nitrogens with one attached hydrogen (secondary N) is 1. The van der Waals surface area contributed by atoms with Crippen LogP contribution < -0.4 is 5.32 Å². The molecule has 1 heterocycles. The van der Waals surface area contributed by atoms with Crippen LogP contribution in [0, 0.1) is 6.92 Å². The van der Waals surface area contributed by atoms with E-state index in [1.165, 1.54) is 0 Å². The van der Waals surface area contributed by atoms with Gasteiger partial charge < -0.3 is 9.84 Å². The van der Waals surface area contributed by atoms with Gasteiger partial charge in [0, 0.05) is 5.56 Å². The zero-order chi connectivity index (χ0) is 13.1. The first-order chi connectivity index (χ1) is 8.65. The zero-order valence-electron chi connectivity index (χ0n) is 9.74. The Bertz CT molecular complexity index is 583. The number of hydrogen-bond donors (Lipinski definition) is 1. The van der Waals surface area contributed by atoms with Crippen LogP contribution in [-0.2, 0) is 0 Å². The fourth-order valence-corrected chi connectivity index (χ4v) is 2.07. The molecule has 0 fully saturated rings. The first-order valence-corrected chi connectivity index (χ1v) is 6.54. The second kappa shape index (κ2) is 5.58. The van der Waals surface area contributed by atoms with E-state index in [1.807, 2.05) is 12.1 Å². The number of hydrogen-bond acceptors (Lipinski definition) is 3. The lowest BCUT2D eigenvalue weighted by Crippen LogP contribution is -2.25. The van der Waals surface area contributed by atoms with Gasteiger partial charge in [-0.3, -0.25) is 4.79 Å². The van der Waals surface area contributed by atoms with E-state index >= 15 is 0 Å². The minimum absolute atomic E-state index is 0.223. The summed E-state index contributed by atoms with van der Waals surface area (Å²) >= 11 is 8.53. The van der Waals surface area contributed by atoms with Gasteiger partial charge in [-0.05, 0) is 13.0 Å². The molecule has 0 saturated carbocycles. The number of amides is 1. The first kappa shape index (κ1) is 13.2. The van der Waals surface area contributed by atoms with Crippen molar-refractivity contribution in [2.45, 2.75) is 6.92 Å². The number of halogens is 1. The topological polar surface area (TPSA) is 55.1 Å². The summed E-state index contributed by atoms with van der Waals surface area (Å²) in [6, 6.07) is 7.21. The highest BCUT2D eigenvalue weighted by atomic mass is 35.5. The maximum atomic E-state index is 12.0. The lowest BCUT2D eigenvalue weighted by atomic mass is 10.1. The smallest absolute Gasteiger partial charge is 0.255 e. The third kappa shape index (κ3) is 2.44. The van der Waals surface area contributed by atoms with Gasteiger partial charge in [-0.1, -0.05) is 40.4 Å². The summed E-state index contributed by atoms with van der Waals surface area (Å²) in [4.78, 5) is 12.0. The summed E-state index contributed by atoms with van der Waals surface area (Å²) in [6.07, 6.45) is 0. The highest BCUT2D eigenvalue weighted by Crippen LogP contribution is 2.30. The Morgan fingerprint density at radius 3 is 2.89 bits per heavy atom. The Labute approximate surface area is 118 Å². The fraction of sp³-hybridized carbons (Fsp3) is 0.167. The maximum absolute atomic E-state index is 12.0. The van der Waals surface area contributed by atoms with E-state index < -0.39 is 0 Å². The molecule has 0 aliphatic heterocycles. The molecule has 0 spiro atoms. The summed E-state index contributed by atoms with van der Waals surface area (Å²) in [7, 11) is 0. The third-order valence-electron chi connectivity index (χ3n) is 2.48. The third-order valence-corrected chi connectivity index (χ3v) is 3.02. The van der Waals surface area contributed by atoms with Gasteiger partial charge in [0.15, 0.2) is 16.3 Å². The van der Waals surface area contributed by atoms with E-state index in [2.05, 4.69) is 26.8 Å². The van der Waals surface area contributed by atoms with Gasteiger partial charge in [-0.2, -0.15) is 0 Å². The zero-order valence-corrected chi connectivity index (χ0v) is 11.6. The van der Waals surface area contributed by atoms with Crippen molar-refractivity contribution < 1.29 is 9.32 Å². The average Bonchev–Trinajstić information content (AvgIpc) is 2.72. The maximum Gasteiger partial charge on any atom is 0.255 e. The summed E-state index contributed by atoms with van der Waals surface area (Å²) in [5.41, 5.74) is 1.57. The number of carbonyl (C=O) groups excluding carboxylic acids is 1. The molecular formula is C12H10AlClN2O2. The Kier molecular flexibility index (Phi) is 4.08. The monoisotopic (exact) mass is 276 g/mol. The molecule has 1 N–H and O–H groups in total. The van der Waals surface area contributed by atoms with E-state index in [0.717, 1.165) is 0 Å². The van der Waals surface area contributed by atoms with Crippen LogP contribution in [0.2, 0.25) is 5.02 Å². The first-order valence-electron chi connectivity index (χ1n) is 5.34. The van der Waals surface area contributed by atoms with Gasteiger partial charge in [-0.25, -0.2) is 0 Å². The second-order valence-electron chi connectivity index (χ2n) is 3.65. The van der Waals surface area contributed by atoms with Crippen LogP contribution in [0.15, 0.2) is 28.8 Å². The van der Waals surface area contributed by atoms with E-state index in [1.54, 1.807) is 19.1 Å². The van der Waals surface area contributed by atoms with E-state index in [4.69, 9.17) is 16.1 Å². The highest BCUT2D eigenvalue weighted by molar-refractivity contribution is 6.33. The van der Waals surface area contributed by atoms with E-state index in [0.29, 0.717) is 33.0 Å². The lowest BCUT2D eigenvalue weighted by molar-refractivity contribution is 0.0959. The predicted octanol–water partition coefficient (Wildman–Crippen LogP) is 2.16. The van der Waals surface area contributed by atoms with Gasteiger partial charge in [0.05, 0.1) is 5.02 Å². The van der Waals surface area contributed by atoms with Gasteiger partial charge in [0.1, 0.15) is 17.0 Å². The van der Waals surface area contributed by atoms with Crippen molar-refractivity contribution in [1.82, 2.24) is 10.5 Å². The fourth-order valence-electron chi connectivity index (χ4n) is 1.66. The molecule has 1 aromatic carbocycles. The van der Waals surface area contributed by atoms with Crippen molar-refractivity contribution in [3.63, 3.8) is 0 Å². The lowest BCUT2D eigenvalue weighted by Gasteiger charge is -2.04. The van der Waals surface area contributed by atoms with Crippen molar-refractivity contribution >= 4 is 33.8 Å². The molecule has 2 radical (unpaired) electrons. The molecule has 6 heteroatoms. The van der Waals surface area contributed by atoms with Crippen molar-refractivity contribution in [2.24, 2.45) is 0 Å². The molecule has 0 aliphatic rings. The van der Waals surface area contributed by atoms with Crippen molar-refractivity contribution in [2.75, 3.05) is 5.41 Å². The average molecular weight is 277 g/mol. The molecule has 0 saturated heterocycles. The Balaban J connectivity index is 2.53. The molecule has 18 heavy (non-hydrogen) atoms. The summed E-state index contributed by atoms with van der Waals surface area (Å²) in [6.45, 7) is 1.70. The van der Waals surface area contributed by atoms with E-state index in [9.17, 15) is 4.79 Å². The quantitative estimate of drug-likeness (QED) is 0.874. The highest BCUT2D eigenvalue weighted by Gasteiger charge is 2.22. The normalized spacial score (nSPS) is 10.3. The molecule has 0 bridgehead atoms. The molecule has 4 nitrogen and oxygen atoms in total. The number of aryl methyl sites for hydroxylation is 1. The predicted molar refractivity (Wildman–Crippen MR) is 69.8 cm³/mol. The Morgan fingerprint density at radius 2 is 2.22 bits per heavy atom. The molecule has 2 aromatic rings. The minimum atomic E-state index is -0.223. The number of benzene rings is 1. The summed E-state index contributed by atoms with van der Waals surface area (Å²) in [5.74, 6) is 0.250. The van der Waals surface area contributed by atoms with Gasteiger partial charge >= 0.3 is 0 Å². The number of rotatable bonds is 3. The summed E-state index contributed by atoms with van der Waals surface area (Å²) in [5, 5.41) is 7.62. The molecule has 1 aromatic heterocycles. The van der Waals surface area contributed by atoms with Crippen LogP contribution in [0.4, 0.5) is 0 Å². The standard InChI is InChI=1S/C12H10ClN2O2.Al/c1-7-10(12(16)14-2)11(15-17-7)8-5-3-4-6-9(8)13;/h3-6H,2H2,1H3,(H,14,16);. The Hall–Kier alpha value is -1.28. The van der Waals surface area contributed by atoms with Crippen molar-refractivity contribution in [3.8, 4) is 11.3 Å². The van der Waals surface area contributed by atoms with Crippen LogP contribution in [0.3, 0.4) is 0 Å². The number of nitrogens with zero attached hydrogens (tertiary/aromatic N) is 1. The van der Waals surface area contributed by atoms with Crippen LogP contribution in [0.1, 0.15) is 16.1 Å². The Morgan fingerprint density at radius 1 is 1.50 bits per heavy atom. The number of aromatic nitrogens is 1. The molecule has 2 rings (SSSR count). The molecule has 0 aliphatic carbocycles. The van der Waals surface area contributed by atoms with Gasteiger partial charge in [0.25, 0.3) is 5.91 Å². The number of carbonyl (C=O) groups is 1. The minimum Gasteiger partial charge on any atom is -0.368 e. The van der Waals surface area contributed by atoms with Crippen LogP contribution >= 0.6 is 11.6 Å². The van der Waals surface area contributed by atoms with E-state index in [-0.39, 0.29) is 5.91 Å². The molecular weight excluding hydrogens is 267 g/mol. The molecule has 0 unspecified atom stereocenters. The largest absolute Gasteiger partial charge is 0.368 e. The van der Waals surface area contributed by atoms with Crippen LogP contribution in [0.5, 0.6) is 0 Å². The molecule has 1 amide bonds. The molecule has 90 valence electrons. The second-order valence-corrected chi connectivity index (χ2v) is 4.47. The van der Waals surface area contributed by atoms with Crippen molar-refractivity contribution in [1.29, 1.82) is 0 Å². The summed E-state index contributed by atoms with van der Waals surface area (Å²) < 4.78 is 5.10. The van der Waals surface area contributed by atoms with Gasteiger partial charge in [0.2, 0.25) is 0 Å². The van der Waals surface area contributed by atoms with Crippen LogP contribution in [0.25, 0.3) is 11.3 Å². The van der Waals surface area contributed by atoms with Gasteiger partial charge in [-0.15, -0.1) is 0 Å². The molecule has 0 atom stereocenters. The van der Waals surface area contributed by atoms with Crippen molar-refractivity contribution in [3.05, 3.63) is 40.6 Å².